The van der Waals surface area contributed by atoms with Crippen LogP contribution in [0, 0.1) is 6.92 Å². The van der Waals surface area contributed by atoms with Gasteiger partial charge in [0.05, 0.1) is 13.2 Å². The van der Waals surface area contributed by atoms with E-state index < -0.39 is 0 Å². The Hall–Kier alpha value is -2.34. The number of likely N-dealkylation sites (tertiary alicyclic amines) is 1. The molecule has 0 aliphatic carbocycles. The SMILES string of the molecule is C=C(C)COc1c(CN2CCCC[C@H]2c2nc(C)no2)cccc1OC. The number of aromatic nitrogens is 2. The zero-order valence-corrected chi connectivity index (χ0v) is 15.8. The number of piperidine rings is 1. The molecule has 0 N–H and O–H groups in total. The van der Waals surface area contributed by atoms with Crippen molar-refractivity contribution in [2.45, 2.75) is 45.7 Å². The monoisotopic (exact) mass is 357 g/mol. The maximum absolute atomic E-state index is 6.00. The highest BCUT2D eigenvalue weighted by atomic mass is 16.5. The largest absolute Gasteiger partial charge is 0.493 e. The second-order valence-corrected chi connectivity index (χ2v) is 6.86. The quantitative estimate of drug-likeness (QED) is 0.696. The van der Waals surface area contributed by atoms with Crippen LogP contribution in [0.1, 0.15) is 49.5 Å². The van der Waals surface area contributed by atoms with Gasteiger partial charge in [-0.3, -0.25) is 4.90 Å². The summed E-state index contributed by atoms with van der Waals surface area (Å²) < 4.78 is 17.0. The van der Waals surface area contributed by atoms with Crippen LogP contribution in [0.15, 0.2) is 34.9 Å². The summed E-state index contributed by atoms with van der Waals surface area (Å²) in [5, 5.41) is 3.96. The van der Waals surface area contributed by atoms with Crippen LogP contribution in [0.5, 0.6) is 11.5 Å². The van der Waals surface area contributed by atoms with Crippen molar-refractivity contribution >= 4 is 0 Å². The van der Waals surface area contributed by atoms with Crippen LogP contribution in [-0.4, -0.2) is 35.3 Å². The predicted octanol–water partition coefficient (Wildman–Crippen LogP) is 4.07. The molecule has 6 heteroatoms. The van der Waals surface area contributed by atoms with Gasteiger partial charge in [0.2, 0.25) is 5.89 Å². The minimum absolute atomic E-state index is 0.144. The highest BCUT2D eigenvalue weighted by Crippen LogP contribution is 2.36. The molecule has 0 radical (unpaired) electrons. The van der Waals surface area contributed by atoms with E-state index >= 15 is 0 Å². The number of rotatable bonds is 7. The van der Waals surface area contributed by atoms with Crippen molar-refractivity contribution < 1.29 is 14.0 Å². The molecule has 0 saturated carbocycles. The molecule has 0 unspecified atom stereocenters. The summed E-state index contributed by atoms with van der Waals surface area (Å²) in [6, 6.07) is 6.15. The van der Waals surface area contributed by atoms with Crippen LogP contribution in [0.25, 0.3) is 0 Å². The van der Waals surface area contributed by atoms with Gasteiger partial charge in [0, 0.05) is 12.1 Å². The average Bonchev–Trinajstić information content (AvgIpc) is 3.07. The molecule has 1 aromatic heterocycles. The molecule has 26 heavy (non-hydrogen) atoms. The van der Waals surface area contributed by atoms with Crippen LogP contribution in [-0.2, 0) is 6.54 Å². The molecular formula is C20H27N3O3. The van der Waals surface area contributed by atoms with Crippen molar-refractivity contribution in [1.82, 2.24) is 15.0 Å². The standard InChI is InChI=1S/C20H27N3O3/c1-14(2)13-25-19-16(8-7-10-18(19)24-4)12-23-11-6-5-9-17(23)20-21-15(3)22-26-20/h7-8,10,17H,1,5-6,9,11-13H2,2-4H3/t17-/m0/s1. The molecule has 1 aliphatic rings. The van der Waals surface area contributed by atoms with Crippen LogP contribution >= 0.6 is 0 Å². The van der Waals surface area contributed by atoms with Gasteiger partial charge in [0.15, 0.2) is 17.3 Å². The second kappa shape index (κ2) is 8.36. The third-order valence-corrected chi connectivity index (χ3v) is 4.56. The van der Waals surface area contributed by atoms with Crippen molar-refractivity contribution in [3.8, 4) is 11.5 Å². The van der Waals surface area contributed by atoms with Crippen molar-refractivity contribution in [3.63, 3.8) is 0 Å². The first-order valence-corrected chi connectivity index (χ1v) is 9.05. The van der Waals surface area contributed by atoms with E-state index in [0.717, 1.165) is 48.6 Å². The summed E-state index contributed by atoms with van der Waals surface area (Å²) in [6.07, 6.45) is 3.35. The van der Waals surface area contributed by atoms with Gasteiger partial charge in [-0.15, -0.1) is 0 Å². The molecule has 1 atom stereocenters. The summed E-state index contributed by atoms with van der Waals surface area (Å²) in [4.78, 5) is 6.84. The zero-order chi connectivity index (χ0) is 18.5. The molecular weight excluding hydrogens is 330 g/mol. The Bertz CT molecular complexity index is 757. The lowest BCUT2D eigenvalue weighted by atomic mass is 10.0. The van der Waals surface area contributed by atoms with Crippen molar-refractivity contribution in [2.24, 2.45) is 0 Å². The van der Waals surface area contributed by atoms with E-state index in [0.29, 0.717) is 18.3 Å². The number of hydrogen-bond donors (Lipinski definition) is 0. The molecule has 0 amide bonds. The fourth-order valence-electron chi connectivity index (χ4n) is 3.33. The summed E-state index contributed by atoms with van der Waals surface area (Å²) in [5.74, 6) is 2.90. The van der Waals surface area contributed by atoms with E-state index in [1.807, 2.05) is 26.0 Å². The van der Waals surface area contributed by atoms with Gasteiger partial charge in [0.25, 0.3) is 0 Å². The number of nitrogens with zero attached hydrogens (tertiary/aromatic N) is 3. The van der Waals surface area contributed by atoms with E-state index in [9.17, 15) is 0 Å². The highest BCUT2D eigenvalue weighted by molar-refractivity contribution is 5.46. The Morgan fingerprint density at radius 3 is 2.92 bits per heavy atom. The third-order valence-electron chi connectivity index (χ3n) is 4.56. The van der Waals surface area contributed by atoms with E-state index in [1.54, 1.807) is 7.11 Å². The number of hydrogen-bond acceptors (Lipinski definition) is 6. The minimum Gasteiger partial charge on any atom is -0.493 e. The molecule has 1 fully saturated rings. The fraction of sp³-hybridized carbons (Fsp3) is 0.500. The van der Waals surface area contributed by atoms with Gasteiger partial charge < -0.3 is 14.0 Å². The number of para-hydroxylation sites is 1. The van der Waals surface area contributed by atoms with Gasteiger partial charge >= 0.3 is 0 Å². The van der Waals surface area contributed by atoms with E-state index in [-0.39, 0.29) is 6.04 Å². The lowest BCUT2D eigenvalue weighted by Gasteiger charge is -2.33. The number of methoxy groups -OCH3 is 1. The minimum atomic E-state index is 0.144. The molecule has 2 heterocycles. The molecule has 3 rings (SSSR count). The highest BCUT2D eigenvalue weighted by Gasteiger charge is 2.29. The Morgan fingerprint density at radius 1 is 1.38 bits per heavy atom. The first-order chi connectivity index (χ1) is 12.6. The molecule has 1 aliphatic heterocycles. The Morgan fingerprint density at radius 2 is 2.23 bits per heavy atom. The van der Waals surface area contributed by atoms with Gasteiger partial charge in [-0.2, -0.15) is 4.98 Å². The van der Waals surface area contributed by atoms with E-state index in [4.69, 9.17) is 14.0 Å². The molecule has 0 spiro atoms. The van der Waals surface area contributed by atoms with Crippen LogP contribution in [0.2, 0.25) is 0 Å². The van der Waals surface area contributed by atoms with Gasteiger partial charge in [-0.25, -0.2) is 0 Å². The van der Waals surface area contributed by atoms with E-state index in [1.165, 1.54) is 6.42 Å². The van der Waals surface area contributed by atoms with Gasteiger partial charge in [0.1, 0.15) is 6.61 Å². The molecule has 1 aromatic carbocycles. The Kier molecular flexibility index (Phi) is 5.93. The predicted molar refractivity (Wildman–Crippen MR) is 99.3 cm³/mol. The smallest absolute Gasteiger partial charge is 0.243 e. The summed E-state index contributed by atoms with van der Waals surface area (Å²) in [6.45, 7) is 9.93. The number of ether oxygens (including phenoxy) is 2. The molecule has 140 valence electrons. The maximum atomic E-state index is 6.00. The maximum Gasteiger partial charge on any atom is 0.243 e. The summed E-state index contributed by atoms with van der Waals surface area (Å²) in [7, 11) is 1.66. The van der Waals surface area contributed by atoms with Crippen LogP contribution in [0.3, 0.4) is 0 Å². The molecule has 0 bridgehead atoms. The zero-order valence-electron chi connectivity index (χ0n) is 15.8. The van der Waals surface area contributed by atoms with Crippen molar-refractivity contribution in [1.29, 1.82) is 0 Å². The lowest BCUT2D eigenvalue weighted by molar-refractivity contribution is 0.110. The average molecular weight is 357 g/mol. The lowest BCUT2D eigenvalue weighted by Crippen LogP contribution is -2.33. The first-order valence-electron chi connectivity index (χ1n) is 9.05. The topological polar surface area (TPSA) is 60.6 Å². The van der Waals surface area contributed by atoms with Crippen LogP contribution in [0.4, 0.5) is 0 Å². The summed E-state index contributed by atoms with van der Waals surface area (Å²) >= 11 is 0. The Labute approximate surface area is 154 Å². The van der Waals surface area contributed by atoms with Crippen LogP contribution < -0.4 is 9.47 Å². The Balaban J connectivity index is 1.84. The first kappa shape index (κ1) is 18.5. The number of aryl methyl sites for hydroxylation is 1. The van der Waals surface area contributed by atoms with Crippen molar-refractivity contribution in [2.75, 3.05) is 20.3 Å². The fourth-order valence-corrected chi connectivity index (χ4v) is 3.33. The summed E-state index contributed by atoms with van der Waals surface area (Å²) in [5.41, 5.74) is 2.06. The van der Waals surface area contributed by atoms with E-state index in [2.05, 4.69) is 27.7 Å². The molecule has 6 nitrogen and oxygen atoms in total. The number of benzene rings is 1. The third kappa shape index (κ3) is 4.25. The molecule has 1 saturated heterocycles. The second-order valence-electron chi connectivity index (χ2n) is 6.86. The normalized spacial score (nSPS) is 17.9. The van der Waals surface area contributed by atoms with Gasteiger partial charge in [-0.05, 0) is 44.9 Å². The molecule has 2 aromatic rings. The van der Waals surface area contributed by atoms with Crippen molar-refractivity contribution in [3.05, 3.63) is 47.6 Å². The van der Waals surface area contributed by atoms with Gasteiger partial charge in [-0.1, -0.05) is 30.3 Å².